The summed E-state index contributed by atoms with van der Waals surface area (Å²) in [5, 5.41) is 0. The lowest BCUT2D eigenvalue weighted by Crippen LogP contribution is -2.25. The van der Waals surface area contributed by atoms with Gasteiger partial charge >= 0.3 is 5.97 Å². The predicted octanol–water partition coefficient (Wildman–Crippen LogP) is 1.46. The number of carbonyl (C=O) groups is 1. The average Bonchev–Trinajstić information content (AvgIpc) is 3.06. The topological polar surface area (TPSA) is 47.8 Å². The van der Waals surface area contributed by atoms with Gasteiger partial charge in [0.15, 0.2) is 0 Å². The molecule has 1 fully saturated rings. The van der Waals surface area contributed by atoms with E-state index < -0.39 is 0 Å². The van der Waals surface area contributed by atoms with Crippen molar-refractivity contribution in [1.29, 1.82) is 0 Å². The van der Waals surface area contributed by atoms with Crippen molar-refractivity contribution in [3.8, 4) is 0 Å². The molecule has 1 heterocycles. The number of methoxy groups -OCH3 is 1. The van der Waals surface area contributed by atoms with Crippen LogP contribution in [0.3, 0.4) is 0 Å². The van der Waals surface area contributed by atoms with Gasteiger partial charge in [-0.3, -0.25) is 4.90 Å². The van der Waals surface area contributed by atoms with Gasteiger partial charge in [-0.05, 0) is 18.2 Å². The maximum atomic E-state index is 12.0. The Labute approximate surface area is 124 Å². The van der Waals surface area contributed by atoms with Crippen LogP contribution in [0.25, 0.3) is 0 Å². The van der Waals surface area contributed by atoms with E-state index in [0.717, 1.165) is 0 Å². The quantitative estimate of drug-likeness (QED) is 0.329. The highest BCUT2D eigenvalue weighted by Gasteiger charge is 2.54. The molecule has 3 rings (SSSR count). The first-order chi connectivity index (χ1) is 10.3. The lowest BCUT2D eigenvalue weighted by atomic mass is 10.2. The normalized spacial score (nSPS) is 29.2. The van der Waals surface area contributed by atoms with Gasteiger partial charge in [-0.2, -0.15) is 0 Å². The molecule has 4 atom stereocenters. The second-order valence-corrected chi connectivity index (χ2v) is 5.15. The van der Waals surface area contributed by atoms with Gasteiger partial charge in [0.2, 0.25) is 0 Å². The second-order valence-electron chi connectivity index (χ2n) is 5.15. The van der Waals surface area contributed by atoms with Gasteiger partial charge in [0.25, 0.3) is 0 Å². The smallest absolute Gasteiger partial charge is 0.338 e. The van der Waals surface area contributed by atoms with Gasteiger partial charge in [0, 0.05) is 7.11 Å². The molecule has 0 bridgehead atoms. The summed E-state index contributed by atoms with van der Waals surface area (Å²) >= 11 is 0. The second kappa shape index (κ2) is 6.39. The fourth-order valence-corrected chi connectivity index (χ4v) is 2.62. The molecule has 0 aromatic heterocycles. The number of rotatable bonds is 7. The summed E-state index contributed by atoms with van der Waals surface area (Å²) in [4.78, 5) is 14.2. The zero-order valence-corrected chi connectivity index (χ0v) is 12.0. The fourth-order valence-electron chi connectivity index (χ4n) is 2.62. The highest BCUT2D eigenvalue weighted by atomic mass is 16.5. The Hall–Kier alpha value is -1.69. The summed E-state index contributed by atoms with van der Waals surface area (Å²) in [5.74, 6) is -0.280. The highest BCUT2D eigenvalue weighted by molar-refractivity contribution is 5.89. The monoisotopic (exact) mass is 289 g/mol. The molecule has 1 aromatic rings. The fraction of sp³-hybridized carbons (Fsp3) is 0.438. The molecule has 5 heteroatoms. The number of benzene rings is 1. The first-order valence-corrected chi connectivity index (χ1v) is 7.08. The van der Waals surface area contributed by atoms with E-state index >= 15 is 0 Å². The van der Waals surface area contributed by atoms with Crippen LogP contribution in [-0.2, 0) is 14.2 Å². The van der Waals surface area contributed by atoms with E-state index in [1.807, 2.05) is 24.3 Å². The Morgan fingerprint density at radius 2 is 2.00 bits per heavy atom. The van der Waals surface area contributed by atoms with Crippen LogP contribution in [0.15, 0.2) is 42.5 Å². The predicted molar refractivity (Wildman–Crippen MR) is 76.9 cm³/mol. The van der Waals surface area contributed by atoms with E-state index in [0.29, 0.717) is 31.5 Å². The van der Waals surface area contributed by atoms with Gasteiger partial charge in [-0.25, -0.2) is 4.79 Å². The third-order valence-electron chi connectivity index (χ3n) is 3.79. The van der Waals surface area contributed by atoms with Gasteiger partial charge in [-0.15, -0.1) is 0 Å². The zero-order valence-electron chi connectivity index (χ0n) is 12.0. The minimum atomic E-state index is -0.280. The number of hydrogen-bond acceptors (Lipinski definition) is 5. The third-order valence-corrected chi connectivity index (χ3v) is 3.79. The lowest BCUT2D eigenvalue weighted by molar-refractivity contribution is 0.0187. The summed E-state index contributed by atoms with van der Waals surface area (Å²) in [6, 6.07) is 9.62. The van der Waals surface area contributed by atoms with Crippen LogP contribution in [0, 0.1) is 0 Å². The van der Waals surface area contributed by atoms with Gasteiger partial charge in [0.05, 0.1) is 30.9 Å². The Morgan fingerprint density at radius 1 is 1.19 bits per heavy atom. The van der Waals surface area contributed by atoms with Crippen molar-refractivity contribution in [2.45, 2.75) is 18.2 Å². The van der Waals surface area contributed by atoms with Crippen LogP contribution in [0.4, 0.5) is 0 Å². The molecule has 5 nitrogen and oxygen atoms in total. The standard InChI is InChI=1S/C16H19NO4/c1-19-9-10-20-11-17-13-7-8-14(15(13)17)21-16(18)12-5-3-2-4-6-12/h2-8,13-15H,9-11H2,1H3/t13-,14-,15-,17?/m0/s1. The molecule has 1 aliphatic heterocycles. The van der Waals surface area contributed by atoms with Crippen molar-refractivity contribution in [1.82, 2.24) is 4.90 Å². The maximum absolute atomic E-state index is 12.0. The van der Waals surface area contributed by atoms with Crippen molar-refractivity contribution in [3.63, 3.8) is 0 Å². The van der Waals surface area contributed by atoms with E-state index in [4.69, 9.17) is 14.2 Å². The summed E-state index contributed by atoms with van der Waals surface area (Å²) < 4.78 is 16.0. The van der Waals surface area contributed by atoms with Crippen LogP contribution < -0.4 is 0 Å². The first-order valence-electron chi connectivity index (χ1n) is 7.08. The van der Waals surface area contributed by atoms with Crippen LogP contribution in [0.5, 0.6) is 0 Å². The molecule has 21 heavy (non-hydrogen) atoms. The molecule has 0 N–H and O–H groups in total. The summed E-state index contributed by atoms with van der Waals surface area (Å²) in [5.41, 5.74) is 0.581. The number of esters is 1. The first kappa shape index (κ1) is 14.3. The van der Waals surface area contributed by atoms with Gasteiger partial charge in [-0.1, -0.05) is 24.3 Å². The molecule has 112 valence electrons. The SMILES string of the molecule is COCCOCN1[C@@H]2[C@@H](OC(=O)c3ccccc3)C=C[C@@H]21. The Morgan fingerprint density at radius 3 is 2.76 bits per heavy atom. The number of ether oxygens (including phenoxy) is 3. The van der Waals surface area contributed by atoms with E-state index in [1.165, 1.54) is 0 Å². The van der Waals surface area contributed by atoms with Crippen LogP contribution in [0.1, 0.15) is 10.4 Å². The largest absolute Gasteiger partial charge is 0.453 e. The van der Waals surface area contributed by atoms with Crippen LogP contribution in [-0.4, -0.2) is 56.1 Å². The maximum Gasteiger partial charge on any atom is 0.338 e. The van der Waals surface area contributed by atoms with Gasteiger partial charge < -0.3 is 14.2 Å². The number of carbonyl (C=O) groups excluding carboxylic acids is 1. The van der Waals surface area contributed by atoms with Crippen molar-refractivity contribution >= 4 is 5.97 Å². The van der Waals surface area contributed by atoms with Crippen LogP contribution >= 0.6 is 0 Å². The molecule has 0 spiro atoms. The molecule has 1 saturated heterocycles. The minimum Gasteiger partial charge on any atom is -0.453 e. The van der Waals surface area contributed by atoms with E-state index in [1.54, 1.807) is 19.2 Å². The summed E-state index contributed by atoms with van der Waals surface area (Å²) in [6.45, 7) is 1.71. The molecule has 1 aromatic carbocycles. The van der Waals surface area contributed by atoms with Crippen molar-refractivity contribution in [3.05, 3.63) is 48.0 Å². The number of hydrogen-bond donors (Lipinski definition) is 0. The highest BCUT2D eigenvalue weighted by Crippen LogP contribution is 2.39. The summed E-state index contributed by atoms with van der Waals surface area (Å²) in [7, 11) is 1.65. The molecule has 1 unspecified atom stereocenters. The molecule has 1 aliphatic carbocycles. The molecule has 0 amide bonds. The number of nitrogens with zero attached hydrogens (tertiary/aromatic N) is 1. The van der Waals surface area contributed by atoms with E-state index in [-0.39, 0.29) is 18.1 Å². The van der Waals surface area contributed by atoms with E-state index in [2.05, 4.69) is 11.0 Å². The molecular formula is C16H19NO4. The van der Waals surface area contributed by atoms with Crippen LogP contribution in [0.2, 0.25) is 0 Å². The zero-order chi connectivity index (χ0) is 14.7. The minimum absolute atomic E-state index is 0.186. The Bertz CT molecular complexity index is 516. The average molecular weight is 289 g/mol. The molecule has 2 aliphatic rings. The van der Waals surface area contributed by atoms with Crippen molar-refractivity contribution < 1.29 is 19.0 Å². The lowest BCUT2D eigenvalue weighted by Gasteiger charge is -2.14. The van der Waals surface area contributed by atoms with E-state index in [9.17, 15) is 4.79 Å². The molecule has 0 radical (unpaired) electrons. The van der Waals surface area contributed by atoms with Crippen molar-refractivity contribution in [2.24, 2.45) is 0 Å². The third kappa shape index (κ3) is 3.15. The molecular weight excluding hydrogens is 270 g/mol. The van der Waals surface area contributed by atoms with Gasteiger partial charge in [0.1, 0.15) is 12.8 Å². The Balaban J connectivity index is 1.48. The van der Waals surface area contributed by atoms with Crippen molar-refractivity contribution in [2.75, 3.05) is 27.1 Å². The summed E-state index contributed by atoms with van der Waals surface area (Å²) in [6.07, 6.45) is 3.85. The number of fused-ring (bicyclic) bond motifs is 1. The molecule has 0 saturated carbocycles. The Kier molecular flexibility index (Phi) is 4.34.